The van der Waals surface area contributed by atoms with E-state index in [9.17, 15) is 13.2 Å². The topological polar surface area (TPSA) is 60.9 Å². The zero-order valence-corrected chi connectivity index (χ0v) is 20.1. The molecule has 2 aliphatic rings. The molecule has 2 fully saturated rings. The van der Waals surface area contributed by atoms with Gasteiger partial charge in [-0.3, -0.25) is 4.79 Å². The molecule has 0 atom stereocenters. The maximum atomic E-state index is 13.0. The first-order valence-electron chi connectivity index (χ1n) is 10.8. The lowest BCUT2D eigenvalue weighted by molar-refractivity contribution is -0.137. The Balaban J connectivity index is 1.30. The Morgan fingerprint density at radius 2 is 1.44 bits per heavy atom. The van der Waals surface area contributed by atoms with Crippen LogP contribution in [-0.4, -0.2) is 62.8 Å². The number of hydrogen-bond acceptors (Lipinski definition) is 4. The average Bonchev–Trinajstić information content (AvgIpc) is 2.82. The van der Waals surface area contributed by atoms with Crippen molar-refractivity contribution >= 4 is 44.8 Å². The third-order valence-corrected chi connectivity index (χ3v) is 8.81. The Morgan fingerprint density at radius 3 is 2.03 bits per heavy atom. The van der Waals surface area contributed by atoms with Gasteiger partial charge in [-0.15, -0.1) is 0 Å². The van der Waals surface area contributed by atoms with Crippen molar-refractivity contribution < 1.29 is 13.2 Å². The highest BCUT2D eigenvalue weighted by Crippen LogP contribution is 2.29. The maximum absolute atomic E-state index is 13.0. The maximum Gasteiger partial charge on any atom is 0.225 e. The van der Waals surface area contributed by atoms with Crippen molar-refractivity contribution in [2.24, 2.45) is 5.92 Å². The van der Waals surface area contributed by atoms with Crippen LogP contribution in [0.15, 0.2) is 48.5 Å². The van der Waals surface area contributed by atoms with Crippen LogP contribution in [0.3, 0.4) is 0 Å². The highest BCUT2D eigenvalue weighted by molar-refractivity contribution is 7.88. The number of hydrogen-bond donors (Lipinski definition) is 0. The number of piperidine rings is 1. The van der Waals surface area contributed by atoms with Crippen LogP contribution >= 0.6 is 23.2 Å². The van der Waals surface area contributed by atoms with Gasteiger partial charge in [-0.05, 0) is 37.1 Å². The zero-order chi connectivity index (χ0) is 22.7. The van der Waals surface area contributed by atoms with E-state index in [1.807, 2.05) is 23.1 Å². The van der Waals surface area contributed by atoms with E-state index in [1.54, 1.807) is 18.2 Å². The fourth-order valence-electron chi connectivity index (χ4n) is 4.41. The molecule has 0 spiro atoms. The van der Waals surface area contributed by atoms with Crippen molar-refractivity contribution in [3.05, 3.63) is 64.1 Å². The summed E-state index contributed by atoms with van der Waals surface area (Å²) < 4.78 is 27.3. The Bertz CT molecular complexity index is 1030. The molecule has 0 unspecified atom stereocenters. The van der Waals surface area contributed by atoms with E-state index in [4.69, 9.17) is 23.2 Å². The highest BCUT2D eigenvalue weighted by Gasteiger charge is 2.34. The van der Waals surface area contributed by atoms with Crippen LogP contribution in [0.2, 0.25) is 10.0 Å². The molecule has 2 aromatic rings. The van der Waals surface area contributed by atoms with Gasteiger partial charge in [-0.25, -0.2) is 12.7 Å². The molecule has 0 aromatic heterocycles. The van der Waals surface area contributed by atoms with Crippen molar-refractivity contribution in [2.45, 2.75) is 18.6 Å². The molecule has 4 rings (SSSR count). The minimum Gasteiger partial charge on any atom is -0.368 e. The first kappa shape index (κ1) is 23.4. The molecule has 9 heteroatoms. The molecule has 6 nitrogen and oxygen atoms in total. The van der Waals surface area contributed by atoms with E-state index in [1.165, 1.54) is 9.99 Å². The molecule has 172 valence electrons. The van der Waals surface area contributed by atoms with Gasteiger partial charge in [-0.1, -0.05) is 47.5 Å². The number of rotatable bonds is 5. The number of carbonyl (C=O) groups excluding carboxylic acids is 1. The van der Waals surface area contributed by atoms with E-state index in [-0.39, 0.29) is 17.6 Å². The largest absolute Gasteiger partial charge is 0.368 e. The predicted molar refractivity (Wildman–Crippen MR) is 129 cm³/mol. The monoisotopic (exact) mass is 495 g/mol. The van der Waals surface area contributed by atoms with Crippen molar-refractivity contribution in [1.29, 1.82) is 0 Å². The number of piperazine rings is 1. The Morgan fingerprint density at radius 1 is 0.844 bits per heavy atom. The van der Waals surface area contributed by atoms with E-state index in [2.05, 4.69) is 17.0 Å². The second-order valence-corrected chi connectivity index (χ2v) is 11.1. The van der Waals surface area contributed by atoms with Gasteiger partial charge in [0.1, 0.15) is 0 Å². The van der Waals surface area contributed by atoms with E-state index in [0.717, 1.165) is 13.1 Å². The Kier molecular flexibility index (Phi) is 7.30. The van der Waals surface area contributed by atoms with E-state index in [0.29, 0.717) is 54.6 Å². The molecule has 2 aliphatic heterocycles. The van der Waals surface area contributed by atoms with Crippen molar-refractivity contribution in [3.8, 4) is 0 Å². The third kappa shape index (κ3) is 5.22. The molecule has 2 heterocycles. The summed E-state index contributed by atoms with van der Waals surface area (Å²) in [6.07, 6.45) is 1.07. The van der Waals surface area contributed by atoms with Crippen LogP contribution < -0.4 is 4.90 Å². The van der Waals surface area contributed by atoms with Crippen molar-refractivity contribution in [3.63, 3.8) is 0 Å². The smallest absolute Gasteiger partial charge is 0.225 e. The molecular weight excluding hydrogens is 469 g/mol. The number of halogens is 2. The van der Waals surface area contributed by atoms with Gasteiger partial charge in [0.25, 0.3) is 0 Å². The summed E-state index contributed by atoms with van der Waals surface area (Å²) in [5, 5.41) is 0.696. The van der Waals surface area contributed by atoms with Gasteiger partial charge in [-0.2, -0.15) is 0 Å². The minimum atomic E-state index is -3.56. The molecule has 2 saturated heterocycles. The van der Waals surface area contributed by atoms with Crippen LogP contribution in [0.25, 0.3) is 0 Å². The summed E-state index contributed by atoms with van der Waals surface area (Å²) >= 11 is 12.3. The van der Waals surface area contributed by atoms with Gasteiger partial charge in [0.15, 0.2) is 0 Å². The molecule has 0 aliphatic carbocycles. The number of carbonyl (C=O) groups is 1. The number of anilines is 1. The van der Waals surface area contributed by atoms with Gasteiger partial charge < -0.3 is 9.80 Å². The fourth-order valence-corrected chi connectivity index (χ4v) is 6.72. The molecule has 0 saturated carbocycles. The second kappa shape index (κ2) is 10.00. The Labute approximate surface area is 199 Å². The van der Waals surface area contributed by atoms with E-state index < -0.39 is 10.0 Å². The minimum absolute atomic E-state index is 0.131. The first-order valence-corrected chi connectivity index (χ1v) is 13.2. The van der Waals surface area contributed by atoms with Crippen LogP contribution in [0, 0.1) is 5.92 Å². The SMILES string of the molecule is O=C(C1CCN(S(=O)(=O)Cc2c(Cl)cccc2Cl)CC1)N1CCN(c2ccccc2)CC1. The summed E-state index contributed by atoms with van der Waals surface area (Å²) in [5.74, 6) is -0.219. The fraction of sp³-hybridized carbons (Fsp3) is 0.435. The predicted octanol–water partition coefficient (Wildman–Crippen LogP) is 3.88. The van der Waals surface area contributed by atoms with Crippen LogP contribution in [-0.2, 0) is 20.6 Å². The van der Waals surface area contributed by atoms with Crippen molar-refractivity contribution in [1.82, 2.24) is 9.21 Å². The number of benzene rings is 2. The van der Waals surface area contributed by atoms with Gasteiger partial charge in [0.05, 0.1) is 5.75 Å². The summed E-state index contributed by atoms with van der Waals surface area (Å²) in [5.41, 5.74) is 1.60. The first-order chi connectivity index (χ1) is 15.3. The lowest BCUT2D eigenvalue weighted by Crippen LogP contribution is -2.52. The summed E-state index contributed by atoms with van der Waals surface area (Å²) in [6.45, 7) is 3.67. The summed E-state index contributed by atoms with van der Waals surface area (Å²) in [7, 11) is -3.56. The third-order valence-electron chi connectivity index (χ3n) is 6.30. The highest BCUT2D eigenvalue weighted by atomic mass is 35.5. The molecule has 0 radical (unpaired) electrons. The molecule has 0 N–H and O–H groups in total. The van der Waals surface area contributed by atoms with E-state index >= 15 is 0 Å². The van der Waals surface area contributed by atoms with Gasteiger partial charge in [0.2, 0.25) is 15.9 Å². The second-order valence-electron chi connectivity index (χ2n) is 8.28. The van der Waals surface area contributed by atoms with Crippen LogP contribution in [0.5, 0.6) is 0 Å². The quantitative estimate of drug-likeness (QED) is 0.631. The molecule has 32 heavy (non-hydrogen) atoms. The average molecular weight is 496 g/mol. The normalized spacial score (nSPS) is 18.7. The summed E-state index contributed by atoms with van der Waals surface area (Å²) in [6, 6.07) is 15.2. The standard InChI is InChI=1S/C23H27Cl2N3O3S/c24-21-7-4-8-22(25)20(21)17-32(30,31)28-11-9-18(10-12-28)23(29)27-15-13-26(14-16-27)19-5-2-1-3-6-19/h1-8,18H,9-17H2. The van der Waals surface area contributed by atoms with Crippen LogP contribution in [0.4, 0.5) is 5.69 Å². The lowest BCUT2D eigenvalue weighted by Gasteiger charge is -2.39. The molecule has 1 amide bonds. The number of amides is 1. The number of sulfonamides is 1. The van der Waals surface area contributed by atoms with Crippen LogP contribution in [0.1, 0.15) is 18.4 Å². The molecular formula is C23H27Cl2N3O3S. The molecule has 0 bridgehead atoms. The van der Waals surface area contributed by atoms with Gasteiger partial charge >= 0.3 is 0 Å². The van der Waals surface area contributed by atoms with Crippen molar-refractivity contribution in [2.75, 3.05) is 44.2 Å². The number of nitrogens with zero attached hydrogens (tertiary/aromatic N) is 3. The lowest BCUT2D eigenvalue weighted by atomic mass is 9.96. The number of para-hydroxylation sites is 1. The summed E-state index contributed by atoms with van der Waals surface area (Å²) in [4.78, 5) is 17.3. The molecule has 2 aromatic carbocycles. The zero-order valence-electron chi connectivity index (χ0n) is 17.8. The Hall–Kier alpha value is -1.80. The van der Waals surface area contributed by atoms with Gasteiger partial charge in [0, 0.05) is 66.5 Å².